The molecule has 4 unspecified atom stereocenters. The number of amides is 4. The number of nitrogens with zero attached hydrogens (tertiary/aromatic N) is 4. The summed E-state index contributed by atoms with van der Waals surface area (Å²) >= 11 is 0. The summed E-state index contributed by atoms with van der Waals surface area (Å²) in [6, 6.07) is 9.88. The normalized spacial score (nSPS) is 17.1. The number of benzene rings is 4. The van der Waals surface area contributed by atoms with E-state index in [4.69, 9.17) is 18.9 Å². The summed E-state index contributed by atoms with van der Waals surface area (Å²) in [7, 11) is 0. The Labute approximate surface area is 394 Å². The van der Waals surface area contributed by atoms with Crippen molar-refractivity contribution in [2.75, 3.05) is 52.6 Å². The van der Waals surface area contributed by atoms with Gasteiger partial charge in [-0.3, -0.25) is 19.6 Å². The number of carbonyl (C=O) groups is 6. The summed E-state index contributed by atoms with van der Waals surface area (Å²) in [4.78, 5) is 83.6. The zero-order valence-corrected chi connectivity index (χ0v) is 36.3. The van der Waals surface area contributed by atoms with Crippen molar-refractivity contribution in [1.82, 2.24) is 19.6 Å². The molecule has 0 saturated carbocycles. The van der Waals surface area contributed by atoms with Gasteiger partial charge in [0.1, 0.15) is 63.2 Å². The number of carbonyl (C=O) groups excluding carboxylic acids is 6. The first-order valence-electron chi connectivity index (χ1n) is 20.8. The van der Waals surface area contributed by atoms with Crippen molar-refractivity contribution in [3.8, 4) is 46.0 Å². The van der Waals surface area contributed by atoms with Crippen LogP contribution in [0.1, 0.15) is 41.4 Å². The van der Waals surface area contributed by atoms with Gasteiger partial charge in [-0.05, 0) is 72.8 Å². The van der Waals surface area contributed by atoms with Gasteiger partial charge in [-0.2, -0.15) is 0 Å². The van der Waals surface area contributed by atoms with Crippen LogP contribution in [0.15, 0.2) is 72.8 Å². The molecular formula is C44H46N4O22. The highest BCUT2D eigenvalue weighted by atomic mass is 16.6. The Morgan fingerprint density at radius 1 is 0.371 bits per heavy atom. The number of hydrogen-bond acceptors (Lipinski definition) is 22. The SMILES string of the molecule is O=C(OCC(O)CN1C(=O)N(CC(O)COC(=O)c2ccc(O)c(O)c2)C2C1N(CC(O)COC(=O)c1ccc(O)c(O)c1)C(=O)N2CC(O)COC(=O)c1ccc(O)c(O)c1)c1ccc(O)c(O)c1. The first kappa shape index (κ1) is 50.9. The molecule has 4 aromatic carbocycles. The monoisotopic (exact) mass is 982 g/mol. The number of aromatic hydroxyl groups is 8. The second kappa shape index (κ2) is 21.7. The van der Waals surface area contributed by atoms with E-state index < -0.39 is 171 Å². The topological polar surface area (TPSA) is 395 Å². The number of hydrogen-bond donors (Lipinski definition) is 12. The fourth-order valence-corrected chi connectivity index (χ4v) is 7.25. The molecule has 0 aromatic heterocycles. The minimum atomic E-state index is -1.75. The summed E-state index contributed by atoms with van der Waals surface area (Å²) in [6.45, 7) is -6.31. The molecule has 26 heteroatoms. The summed E-state index contributed by atoms with van der Waals surface area (Å²) in [6.07, 6.45) is -10.2. The maximum atomic E-state index is 14.5. The largest absolute Gasteiger partial charge is 0.504 e. The molecule has 70 heavy (non-hydrogen) atoms. The van der Waals surface area contributed by atoms with Crippen molar-refractivity contribution < 1.29 is 109 Å². The second-order valence-corrected chi connectivity index (χ2v) is 15.8. The van der Waals surface area contributed by atoms with Gasteiger partial charge in [0.2, 0.25) is 0 Å². The lowest BCUT2D eigenvalue weighted by Crippen LogP contribution is -2.52. The Kier molecular flexibility index (Phi) is 15.8. The van der Waals surface area contributed by atoms with Gasteiger partial charge in [-0.1, -0.05) is 0 Å². The van der Waals surface area contributed by atoms with Gasteiger partial charge in [-0.25, -0.2) is 28.8 Å². The van der Waals surface area contributed by atoms with Crippen molar-refractivity contribution in [3.05, 3.63) is 95.1 Å². The van der Waals surface area contributed by atoms with E-state index in [1.807, 2.05) is 0 Å². The molecule has 6 rings (SSSR count). The van der Waals surface area contributed by atoms with Crippen LogP contribution >= 0.6 is 0 Å². The van der Waals surface area contributed by atoms with Crippen LogP contribution in [0.2, 0.25) is 0 Å². The third-order valence-corrected chi connectivity index (χ3v) is 10.6. The molecule has 2 fully saturated rings. The number of urea groups is 2. The molecule has 4 amide bonds. The van der Waals surface area contributed by atoms with Gasteiger partial charge >= 0.3 is 35.9 Å². The van der Waals surface area contributed by atoms with Crippen LogP contribution in [0.4, 0.5) is 9.59 Å². The number of aliphatic hydroxyl groups is 4. The predicted octanol–water partition coefficient (Wildman–Crippen LogP) is -0.370. The molecule has 0 bridgehead atoms. The van der Waals surface area contributed by atoms with Crippen molar-refractivity contribution in [3.63, 3.8) is 0 Å². The highest BCUT2D eigenvalue weighted by Gasteiger charge is 2.60. The molecule has 2 aliphatic rings. The van der Waals surface area contributed by atoms with Crippen LogP contribution in [-0.2, 0) is 18.9 Å². The molecule has 4 aromatic rings. The molecule has 2 heterocycles. The number of β-amino-alcohol motifs (C(OH)–C–C–N with tert-alkyl or cyclic N) is 4. The highest BCUT2D eigenvalue weighted by molar-refractivity contribution is 5.92. The van der Waals surface area contributed by atoms with Gasteiger partial charge in [0.05, 0.1) is 48.4 Å². The summed E-state index contributed by atoms with van der Waals surface area (Å²) in [5, 5.41) is 123. The summed E-state index contributed by atoms with van der Waals surface area (Å²) in [5.41, 5.74) is -0.969. The number of fused-ring (bicyclic) bond motifs is 1. The fourth-order valence-electron chi connectivity index (χ4n) is 7.25. The Morgan fingerprint density at radius 3 is 0.757 bits per heavy atom. The van der Waals surface area contributed by atoms with E-state index in [1.165, 1.54) is 0 Å². The van der Waals surface area contributed by atoms with Crippen molar-refractivity contribution in [2.45, 2.75) is 36.7 Å². The third kappa shape index (κ3) is 11.8. The maximum Gasteiger partial charge on any atom is 0.338 e. The van der Waals surface area contributed by atoms with E-state index >= 15 is 0 Å². The molecule has 0 radical (unpaired) electrons. The van der Waals surface area contributed by atoms with Crippen LogP contribution in [0.25, 0.3) is 0 Å². The van der Waals surface area contributed by atoms with Crippen molar-refractivity contribution in [2.24, 2.45) is 0 Å². The van der Waals surface area contributed by atoms with Crippen LogP contribution in [0.3, 0.4) is 0 Å². The molecule has 2 saturated heterocycles. The summed E-state index contributed by atoms with van der Waals surface area (Å²) in [5.74, 6) is -9.13. The molecule has 12 N–H and O–H groups in total. The third-order valence-electron chi connectivity index (χ3n) is 10.6. The van der Waals surface area contributed by atoms with Gasteiger partial charge in [0, 0.05) is 0 Å². The second-order valence-electron chi connectivity index (χ2n) is 15.8. The molecule has 374 valence electrons. The van der Waals surface area contributed by atoms with E-state index in [9.17, 15) is 90.0 Å². The van der Waals surface area contributed by atoms with E-state index in [2.05, 4.69) is 0 Å². The first-order chi connectivity index (χ1) is 33.1. The standard InChI is InChI=1S/C44H46N4O22/c49-25(17-67-39(61)21-1-5-29(53)33(57)9-21)13-45-37-38(47(43(45)65)15-27(51)19-69-41(63)23-3-7-31(55)35(59)11-23)48(16-28(52)20-70-42(64)24-4-8-32(56)36(60)12-24)44(66)46(37)14-26(50)18-68-40(62)22-2-6-30(54)34(58)10-22/h1-12,25-28,37-38,49-60H,13-20H2. The van der Waals surface area contributed by atoms with Crippen molar-refractivity contribution in [1.29, 1.82) is 0 Å². The van der Waals surface area contributed by atoms with Crippen LogP contribution in [-0.4, -0.2) is 206 Å². The zero-order chi connectivity index (χ0) is 51.1. The number of esters is 4. The number of phenolic OH excluding ortho intramolecular Hbond substituents is 8. The zero-order valence-electron chi connectivity index (χ0n) is 36.3. The maximum absolute atomic E-state index is 14.5. The molecule has 26 nitrogen and oxygen atoms in total. The number of phenols is 8. The van der Waals surface area contributed by atoms with E-state index in [-0.39, 0.29) is 22.3 Å². The fraction of sp³-hybridized carbons (Fsp3) is 0.318. The number of ether oxygens (including phenoxy) is 4. The Hall–Kier alpha value is -8.46. The van der Waals surface area contributed by atoms with Gasteiger partial charge < -0.3 is 80.2 Å². The Bertz CT molecular complexity index is 2280. The first-order valence-corrected chi connectivity index (χ1v) is 20.8. The lowest BCUT2D eigenvalue weighted by molar-refractivity contribution is -0.00441. The molecule has 0 aliphatic carbocycles. The van der Waals surface area contributed by atoms with Crippen LogP contribution in [0, 0.1) is 0 Å². The Balaban J connectivity index is 1.26. The van der Waals surface area contributed by atoms with Crippen LogP contribution in [0.5, 0.6) is 46.0 Å². The average molecular weight is 983 g/mol. The van der Waals surface area contributed by atoms with Crippen LogP contribution < -0.4 is 0 Å². The van der Waals surface area contributed by atoms with Gasteiger partial charge in [0.25, 0.3) is 0 Å². The predicted molar refractivity (Wildman–Crippen MR) is 229 cm³/mol. The lowest BCUT2D eigenvalue weighted by atomic mass is 10.2. The lowest BCUT2D eigenvalue weighted by Gasteiger charge is -2.32. The quantitative estimate of drug-likeness (QED) is 0.0305. The molecule has 2 aliphatic heterocycles. The van der Waals surface area contributed by atoms with E-state index in [1.54, 1.807) is 0 Å². The summed E-state index contributed by atoms with van der Waals surface area (Å²) < 4.78 is 20.6. The number of rotatable bonds is 20. The van der Waals surface area contributed by atoms with E-state index in [0.717, 1.165) is 92.4 Å². The van der Waals surface area contributed by atoms with E-state index in [0.29, 0.717) is 0 Å². The molecule has 0 spiro atoms. The minimum Gasteiger partial charge on any atom is -0.504 e. The van der Waals surface area contributed by atoms with Gasteiger partial charge in [-0.15, -0.1) is 0 Å². The average Bonchev–Trinajstić information content (AvgIpc) is 3.73. The molecule has 4 atom stereocenters. The minimum absolute atomic E-state index is 0.242. The van der Waals surface area contributed by atoms with Gasteiger partial charge in [0.15, 0.2) is 46.0 Å². The van der Waals surface area contributed by atoms with Crippen molar-refractivity contribution >= 4 is 35.9 Å². The Morgan fingerprint density at radius 2 is 0.571 bits per heavy atom. The highest BCUT2D eigenvalue weighted by Crippen LogP contribution is 2.37. The smallest absolute Gasteiger partial charge is 0.338 e. The number of aliphatic hydroxyl groups excluding tert-OH is 4. The molecular weight excluding hydrogens is 936 g/mol.